The number of benzene rings is 1. The number of aryl methyl sites for hydroxylation is 2. The normalized spacial score (nSPS) is 15.3. The largest absolute Gasteiger partial charge is 0.350 e. The predicted molar refractivity (Wildman–Crippen MR) is 121 cm³/mol. The van der Waals surface area contributed by atoms with Crippen LogP contribution in [0.5, 0.6) is 0 Å². The number of likely N-dealkylation sites (N-methyl/N-ethyl adjacent to an activating group) is 1. The lowest BCUT2D eigenvalue weighted by Gasteiger charge is -2.32. The molecule has 4 rings (SSSR count). The summed E-state index contributed by atoms with van der Waals surface area (Å²) in [6.07, 6.45) is 1.48. The maximum absolute atomic E-state index is 12.7. The van der Waals surface area contributed by atoms with Crippen molar-refractivity contribution in [2.75, 3.05) is 33.2 Å². The van der Waals surface area contributed by atoms with E-state index < -0.39 is 17.2 Å². The van der Waals surface area contributed by atoms with E-state index in [1.807, 2.05) is 12.1 Å². The molecule has 0 unspecified atom stereocenters. The molecule has 1 amide bonds. The van der Waals surface area contributed by atoms with Crippen LogP contribution < -0.4 is 16.6 Å². The van der Waals surface area contributed by atoms with Gasteiger partial charge in [-0.25, -0.2) is 14.3 Å². The third-order valence-electron chi connectivity index (χ3n) is 5.99. The van der Waals surface area contributed by atoms with Gasteiger partial charge in [0.25, 0.3) is 5.56 Å². The molecule has 10 heteroatoms. The molecule has 32 heavy (non-hydrogen) atoms. The molecule has 3 aromatic rings. The van der Waals surface area contributed by atoms with Crippen molar-refractivity contribution in [1.82, 2.24) is 33.8 Å². The summed E-state index contributed by atoms with van der Waals surface area (Å²) >= 11 is 0. The molecule has 0 radical (unpaired) electrons. The fraction of sp³-hybridized carbons (Fsp3) is 0.455. The van der Waals surface area contributed by atoms with Gasteiger partial charge in [0.05, 0.1) is 6.33 Å². The quantitative estimate of drug-likeness (QED) is 0.556. The molecule has 0 bridgehead atoms. The molecule has 1 aromatic carbocycles. The van der Waals surface area contributed by atoms with E-state index in [4.69, 9.17) is 0 Å². The van der Waals surface area contributed by atoms with Gasteiger partial charge >= 0.3 is 5.69 Å². The van der Waals surface area contributed by atoms with Crippen LogP contribution in [-0.4, -0.2) is 67.6 Å². The molecule has 1 saturated heterocycles. The van der Waals surface area contributed by atoms with E-state index in [1.165, 1.54) is 23.5 Å². The third kappa shape index (κ3) is 4.51. The highest BCUT2D eigenvalue weighted by molar-refractivity contribution is 5.76. The van der Waals surface area contributed by atoms with Crippen LogP contribution in [0.2, 0.25) is 0 Å². The van der Waals surface area contributed by atoms with Crippen LogP contribution in [0.15, 0.2) is 40.2 Å². The maximum Gasteiger partial charge on any atom is 0.332 e. The van der Waals surface area contributed by atoms with Crippen LogP contribution in [0.3, 0.4) is 0 Å². The Morgan fingerprint density at radius 1 is 1.06 bits per heavy atom. The third-order valence-corrected chi connectivity index (χ3v) is 5.99. The van der Waals surface area contributed by atoms with E-state index in [-0.39, 0.29) is 12.1 Å². The summed E-state index contributed by atoms with van der Waals surface area (Å²) in [6, 6.07) is 8.13. The summed E-state index contributed by atoms with van der Waals surface area (Å²) in [4.78, 5) is 46.7. The first-order chi connectivity index (χ1) is 15.3. The monoisotopic (exact) mass is 439 g/mol. The van der Waals surface area contributed by atoms with Gasteiger partial charge < -0.3 is 14.8 Å². The Balaban J connectivity index is 1.41. The van der Waals surface area contributed by atoms with Crippen molar-refractivity contribution in [3.05, 3.63) is 62.6 Å². The van der Waals surface area contributed by atoms with Gasteiger partial charge in [-0.1, -0.05) is 24.3 Å². The van der Waals surface area contributed by atoms with Gasteiger partial charge in [-0.15, -0.1) is 0 Å². The smallest absolute Gasteiger partial charge is 0.332 e. The number of fused-ring (bicyclic) bond motifs is 1. The lowest BCUT2D eigenvalue weighted by atomic mass is 10.1. The fourth-order valence-corrected chi connectivity index (χ4v) is 4.04. The number of amides is 1. The number of imidazole rings is 1. The van der Waals surface area contributed by atoms with E-state index in [0.717, 1.165) is 42.9 Å². The number of hydrogen-bond acceptors (Lipinski definition) is 6. The highest BCUT2D eigenvalue weighted by Gasteiger charge is 2.17. The summed E-state index contributed by atoms with van der Waals surface area (Å²) in [5.74, 6) is -0.393. The number of carbonyl (C=O) groups excluding carboxylic acids is 1. The van der Waals surface area contributed by atoms with Crippen molar-refractivity contribution < 1.29 is 4.79 Å². The highest BCUT2D eigenvalue weighted by atomic mass is 16.2. The molecule has 0 atom stereocenters. The Morgan fingerprint density at radius 2 is 1.78 bits per heavy atom. The predicted octanol–water partition coefficient (Wildman–Crippen LogP) is -0.502. The molecule has 1 aliphatic rings. The second kappa shape index (κ2) is 9.09. The minimum absolute atomic E-state index is 0.288. The number of carbonyl (C=O) groups is 1. The second-order valence-corrected chi connectivity index (χ2v) is 8.44. The molecular formula is C22H29N7O3. The van der Waals surface area contributed by atoms with Crippen LogP contribution >= 0.6 is 0 Å². The molecule has 170 valence electrons. The van der Waals surface area contributed by atoms with Gasteiger partial charge in [0.1, 0.15) is 6.54 Å². The number of nitrogens with zero attached hydrogens (tertiary/aromatic N) is 6. The van der Waals surface area contributed by atoms with Crippen LogP contribution in [-0.2, 0) is 38.5 Å². The van der Waals surface area contributed by atoms with E-state index in [9.17, 15) is 14.4 Å². The molecule has 1 aliphatic heterocycles. The lowest BCUT2D eigenvalue weighted by molar-refractivity contribution is -0.121. The van der Waals surface area contributed by atoms with Gasteiger partial charge in [-0.3, -0.25) is 19.1 Å². The molecule has 0 saturated carbocycles. The highest BCUT2D eigenvalue weighted by Crippen LogP contribution is 2.10. The van der Waals surface area contributed by atoms with Crippen LogP contribution in [0.4, 0.5) is 0 Å². The summed E-state index contributed by atoms with van der Waals surface area (Å²) < 4.78 is 3.78. The average molecular weight is 440 g/mol. The van der Waals surface area contributed by atoms with Crippen molar-refractivity contribution in [3.63, 3.8) is 0 Å². The van der Waals surface area contributed by atoms with Crippen LogP contribution in [0, 0.1) is 0 Å². The van der Waals surface area contributed by atoms with Crippen molar-refractivity contribution >= 4 is 17.1 Å². The zero-order chi connectivity index (χ0) is 22.8. The Bertz CT molecular complexity index is 1250. The van der Waals surface area contributed by atoms with Gasteiger partial charge in [-0.2, -0.15) is 0 Å². The summed E-state index contributed by atoms with van der Waals surface area (Å²) in [5.41, 5.74) is 1.69. The van der Waals surface area contributed by atoms with E-state index in [1.54, 1.807) is 11.6 Å². The zero-order valence-electron chi connectivity index (χ0n) is 18.7. The second-order valence-electron chi connectivity index (χ2n) is 8.44. The minimum Gasteiger partial charge on any atom is -0.350 e. The Morgan fingerprint density at radius 3 is 2.53 bits per heavy atom. The van der Waals surface area contributed by atoms with Gasteiger partial charge in [0.15, 0.2) is 11.2 Å². The molecule has 2 aromatic heterocycles. The number of hydrogen-bond donors (Lipinski definition) is 1. The summed E-state index contributed by atoms with van der Waals surface area (Å²) in [5, 5.41) is 2.82. The molecule has 3 heterocycles. The van der Waals surface area contributed by atoms with E-state index in [2.05, 4.69) is 39.3 Å². The first-order valence-electron chi connectivity index (χ1n) is 10.7. The molecular weight excluding hydrogens is 410 g/mol. The minimum atomic E-state index is -0.564. The molecule has 1 N–H and O–H groups in total. The van der Waals surface area contributed by atoms with Gasteiger partial charge in [-0.05, 0) is 18.2 Å². The SMILES string of the molecule is CN1CCN(Cc2cccc(CNC(=O)Cn3c(=O)c4c(ncn4C)n(C)c3=O)c2)CC1. The van der Waals surface area contributed by atoms with Crippen LogP contribution in [0.25, 0.3) is 11.2 Å². The van der Waals surface area contributed by atoms with Gasteiger partial charge in [0.2, 0.25) is 5.91 Å². The number of rotatable bonds is 6. The topological polar surface area (TPSA) is 97.4 Å². The first kappa shape index (κ1) is 22.0. The first-order valence-corrected chi connectivity index (χ1v) is 10.7. The molecule has 1 fully saturated rings. The Labute approximate surface area is 185 Å². The summed E-state index contributed by atoms with van der Waals surface area (Å²) in [7, 11) is 5.36. The number of aromatic nitrogens is 4. The van der Waals surface area contributed by atoms with Crippen LogP contribution in [0.1, 0.15) is 11.1 Å². The summed E-state index contributed by atoms with van der Waals surface area (Å²) in [6.45, 7) is 5.10. The van der Waals surface area contributed by atoms with Gasteiger partial charge in [0, 0.05) is 53.4 Å². The Kier molecular flexibility index (Phi) is 6.24. The molecule has 10 nitrogen and oxygen atoms in total. The van der Waals surface area contributed by atoms with E-state index in [0.29, 0.717) is 12.2 Å². The lowest BCUT2D eigenvalue weighted by Crippen LogP contribution is -2.43. The van der Waals surface area contributed by atoms with Crippen molar-refractivity contribution in [3.8, 4) is 0 Å². The number of nitrogens with one attached hydrogen (secondary N) is 1. The Hall–Kier alpha value is -3.24. The van der Waals surface area contributed by atoms with Crippen molar-refractivity contribution in [2.24, 2.45) is 14.1 Å². The zero-order valence-corrected chi connectivity index (χ0v) is 18.7. The maximum atomic E-state index is 12.7. The number of piperazine rings is 1. The fourth-order valence-electron chi connectivity index (χ4n) is 4.04. The standard InChI is InChI=1S/C22H29N7O3/c1-25-7-9-28(10-8-25)13-17-6-4-5-16(11-17)12-23-18(30)14-29-21(31)19-20(24-15-26(19)2)27(3)22(29)32/h4-6,11,15H,7-10,12-14H2,1-3H3,(H,23,30). The molecule has 0 aliphatic carbocycles. The van der Waals surface area contributed by atoms with E-state index >= 15 is 0 Å². The van der Waals surface area contributed by atoms with Crippen molar-refractivity contribution in [1.29, 1.82) is 0 Å². The molecule has 0 spiro atoms. The average Bonchev–Trinajstić information content (AvgIpc) is 3.17. The van der Waals surface area contributed by atoms with Crippen molar-refractivity contribution in [2.45, 2.75) is 19.6 Å².